The first-order valence-electron chi connectivity index (χ1n) is 8.71. The Bertz CT molecular complexity index is 1120. The second-order valence-electron chi connectivity index (χ2n) is 6.22. The number of aromatic nitrogens is 3. The maximum Gasteiger partial charge on any atom is 0.361 e. The molecule has 30 heavy (non-hydrogen) atoms. The summed E-state index contributed by atoms with van der Waals surface area (Å²) in [4.78, 5) is 35.8. The largest absolute Gasteiger partial charge is 0.448 e. The summed E-state index contributed by atoms with van der Waals surface area (Å²) in [6, 6.07) is 11.8. The molecule has 0 fully saturated rings. The Morgan fingerprint density at radius 3 is 2.57 bits per heavy atom. The SMILES string of the molecule is Cc1nn(-c2ccccc2)nc1C(=O)OC(C)C(=O)Nc1ccc(F)c([N+](=O)[O-])c1. The first-order valence-corrected chi connectivity index (χ1v) is 8.71. The van der Waals surface area contributed by atoms with Crippen molar-refractivity contribution in [3.05, 3.63) is 75.9 Å². The van der Waals surface area contributed by atoms with Crippen molar-refractivity contribution < 1.29 is 23.6 Å². The second-order valence-corrected chi connectivity index (χ2v) is 6.22. The number of para-hydroxylation sites is 1. The molecule has 0 saturated heterocycles. The maximum atomic E-state index is 13.4. The van der Waals surface area contributed by atoms with E-state index in [1.807, 2.05) is 6.07 Å². The van der Waals surface area contributed by atoms with Crippen LogP contribution in [0.1, 0.15) is 23.1 Å². The smallest absolute Gasteiger partial charge is 0.361 e. The quantitative estimate of drug-likeness (QED) is 0.374. The molecule has 2 aromatic carbocycles. The number of hydrogen-bond donors (Lipinski definition) is 1. The molecule has 1 atom stereocenters. The lowest BCUT2D eigenvalue weighted by Crippen LogP contribution is -2.30. The van der Waals surface area contributed by atoms with Gasteiger partial charge in [0.2, 0.25) is 5.82 Å². The van der Waals surface area contributed by atoms with Gasteiger partial charge in [0.1, 0.15) is 0 Å². The van der Waals surface area contributed by atoms with Gasteiger partial charge in [-0.1, -0.05) is 18.2 Å². The molecule has 0 spiro atoms. The van der Waals surface area contributed by atoms with Crippen LogP contribution >= 0.6 is 0 Å². The highest BCUT2D eigenvalue weighted by Gasteiger charge is 2.24. The molecule has 1 amide bonds. The molecule has 1 N–H and O–H groups in total. The third kappa shape index (κ3) is 4.46. The molecule has 11 heteroatoms. The van der Waals surface area contributed by atoms with E-state index in [1.54, 1.807) is 31.2 Å². The Morgan fingerprint density at radius 2 is 1.90 bits per heavy atom. The molecule has 3 rings (SSSR count). The lowest BCUT2D eigenvalue weighted by atomic mass is 10.2. The van der Waals surface area contributed by atoms with E-state index in [4.69, 9.17) is 4.74 Å². The van der Waals surface area contributed by atoms with Crippen molar-refractivity contribution in [3.8, 4) is 5.69 Å². The minimum absolute atomic E-state index is 0.0119. The minimum atomic E-state index is -1.25. The van der Waals surface area contributed by atoms with Crippen LogP contribution in [0.5, 0.6) is 0 Å². The number of carbonyl (C=O) groups is 2. The molecule has 10 nitrogen and oxygen atoms in total. The van der Waals surface area contributed by atoms with Crippen molar-refractivity contribution >= 4 is 23.3 Å². The predicted octanol–water partition coefficient (Wildman–Crippen LogP) is 2.81. The summed E-state index contributed by atoms with van der Waals surface area (Å²) in [5.41, 5.74) is 0.0951. The van der Waals surface area contributed by atoms with Crippen LogP contribution in [0.15, 0.2) is 48.5 Å². The van der Waals surface area contributed by atoms with Gasteiger partial charge in [-0.3, -0.25) is 14.9 Å². The van der Waals surface area contributed by atoms with Crippen LogP contribution in [-0.2, 0) is 9.53 Å². The van der Waals surface area contributed by atoms with Crippen LogP contribution in [0, 0.1) is 22.9 Å². The van der Waals surface area contributed by atoms with Gasteiger partial charge < -0.3 is 10.1 Å². The van der Waals surface area contributed by atoms with E-state index < -0.39 is 34.4 Å². The molecule has 0 aliphatic carbocycles. The highest BCUT2D eigenvalue weighted by atomic mass is 19.1. The summed E-state index contributed by atoms with van der Waals surface area (Å²) >= 11 is 0. The number of esters is 1. The number of aryl methyl sites for hydroxylation is 1. The van der Waals surface area contributed by atoms with Crippen LogP contribution in [-0.4, -0.2) is 37.9 Å². The summed E-state index contributed by atoms with van der Waals surface area (Å²) in [6.07, 6.45) is -1.25. The van der Waals surface area contributed by atoms with Gasteiger partial charge in [0.15, 0.2) is 11.8 Å². The van der Waals surface area contributed by atoms with Gasteiger partial charge in [0.05, 0.1) is 16.3 Å². The number of nitro groups is 1. The molecular formula is C19H16FN5O5. The first-order chi connectivity index (χ1) is 14.3. The van der Waals surface area contributed by atoms with Crippen LogP contribution in [0.4, 0.5) is 15.8 Å². The second kappa shape index (κ2) is 8.47. The van der Waals surface area contributed by atoms with E-state index in [-0.39, 0.29) is 11.4 Å². The predicted molar refractivity (Wildman–Crippen MR) is 103 cm³/mol. The van der Waals surface area contributed by atoms with E-state index in [1.165, 1.54) is 11.7 Å². The van der Waals surface area contributed by atoms with Crippen molar-refractivity contribution in [2.24, 2.45) is 0 Å². The van der Waals surface area contributed by atoms with Crippen molar-refractivity contribution in [2.45, 2.75) is 20.0 Å². The summed E-state index contributed by atoms with van der Waals surface area (Å²) in [5, 5.41) is 21.4. The highest BCUT2D eigenvalue weighted by molar-refractivity contribution is 5.97. The molecule has 0 bridgehead atoms. The summed E-state index contributed by atoms with van der Waals surface area (Å²) in [6.45, 7) is 2.90. The van der Waals surface area contributed by atoms with Crippen LogP contribution in [0.3, 0.4) is 0 Å². The van der Waals surface area contributed by atoms with Gasteiger partial charge in [-0.2, -0.15) is 14.3 Å². The fraction of sp³-hybridized carbons (Fsp3) is 0.158. The fourth-order valence-corrected chi connectivity index (χ4v) is 2.49. The van der Waals surface area contributed by atoms with Crippen molar-refractivity contribution in [2.75, 3.05) is 5.32 Å². The molecule has 0 radical (unpaired) electrons. The normalized spacial score (nSPS) is 11.6. The van der Waals surface area contributed by atoms with Gasteiger partial charge >= 0.3 is 11.7 Å². The zero-order chi connectivity index (χ0) is 21.8. The average Bonchev–Trinajstić information content (AvgIpc) is 3.11. The molecule has 0 saturated carbocycles. The highest BCUT2D eigenvalue weighted by Crippen LogP contribution is 2.22. The zero-order valence-electron chi connectivity index (χ0n) is 15.9. The van der Waals surface area contributed by atoms with E-state index in [0.717, 1.165) is 18.2 Å². The third-order valence-corrected chi connectivity index (χ3v) is 4.03. The van der Waals surface area contributed by atoms with Gasteiger partial charge in [0, 0.05) is 11.8 Å². The van der Waals surface area contributed by atoms with E-state index >= 15 is 0 Å². The summed E-state index contributed by atoms with van der Waals surface area (Å²) in [5.74, 6) is -2.64. The average molecular weight is 413 g/mol. The number of nitro benzene ring substituents is 1. The molecule has 0 aliphatic heterocycles. The lowest BCUT2D eigenvalue weighted by molar-refractivity contribution is -0.387. The van der Waals surface area contributed by atoms with E-state index in [0.29, 0.717) is 11.4 Å². The van der Waals surface area contributed by atoms with E-state index in [2.05, 4.69) is 15.5 Å². The zero-order valence-corrected chi connectivity index (χ0v) is 15.9. The van der Waals surface area contributed by atoms with Crippen molar-refractivity contribution in [1.82, 2.24) is 15.0 Å². The maximum absolute atomic E-state index is 13.4. The number of nitrogens with zero attached hydrogens (tertiary/aromatic N) is 4. The Hall–Kier alpha value is -4.15. The number of anilines is 1. The molecule has 3 aromatic rings. The lowest BCUT2D eigenvalue weighted by Gasteiger charge is -2.13. The van der Waals surface area contributed by atoms with Crippen LogP contribution < -0.4 is 5.32 Å². The number of ether oxygens (including phenoxy) is 1. The van der Waals surface area contributed by atoms with Crippen LogP contribution in [0.2, 0.25) is 0 Å². The number of hydrogen-bond acceptors (Lipinski definition) is 7. The number of carbonyl (C=O) groups excluding carboxylic acids is 2. The number of halogens is 1. The number of benzene rings is 2. The van der Waals surface area contributed by atoms with Gasteiger partial charge in [-0.05, 0) is 38.1 Å². The Morgan fingerprint density at radius 1 is 1.20 bits per heavy atom. The fourth-order valence-electron chi connectivity index (χ4n) is 2.49. The molecule has 1 aromatic heterocycles. The molecule has 154 valence electrons. The molecular weight excluding hydrogens is 397 g/mol. The third-order valence-electron chi connectivity index (χ3n) is 4.03. The topological polar surface area (TPSA) is 129 Å². The number of amides is 1. The molecule has 0 aliphatic rings. The minimum Gasteiger partial charge on any atom is -0.448 e. The summed E-state index contributed by atoms with van der Waals surface area (Å²) in [7, 11) is 0. The van der Waals surface area contributed by atoms with Gasteiger partial charge in [0.25, 0.3) is 5.91 Å². The van der Waals surface area contributed by atoms with Gasteiger partial charge in [-0.25, -0.2) is 4.79 Å². The Balaban J connectivity index is 1.69. The van der Waals surface area contributed by atoms with E-state index in [9.17, 15) is 24.1 Å². The summed E-state index contributed by atoms with van der Waals surface area (Å²) < 4.78 is 18.5. The molecule has 1 heterocycles. The van der Waals surface area contributed by atoms with Crippen molar-refractivity contribution in [3.63, 3.8) is 0 Å². The number of nitrogens with one attached hydrogen (secondary N) is 1. The van der Waals surface area contributed by atoms with Crippen LogP contribution in [0.25, 0.3) is 5.69 Å². The van der Waals surface area contributed by atoms with Gasteiger partial charge in [-0.15, -0.1) is 5.10 Å². The first kappa shape index (κ1) is 20.6. The Kier molecular flexibility index (Phi) is 5.81. The standard InChI is InChI=1S/C19H16FN5O5/c1-11-17(23-24(22-11)14-6-4-3-5-7-14)19(27)30-12(2)18(26)21-13-8-9-15(20)16(10-13)25(28)29/h3-10,12H,1-2H3,(H,21,26). The Labute approximate surface area is 169 Å². The number of rotatable bonds is 6. The monoisotopic (exact) mass is 413 g/mol. The molecule has 1 unspecified atom stereocenters. The van der Waals surface area contributed by atoms with Crippen molar-refractivity contribution in [1.29, 1.82) is 0 Å².